The number of rotatable bonds is 4. The molecule has 0 aliphatic carbocycles. The van der Waals surface area contributed by atoms with Gasteiger partial charge < -0.3 is 20.4 Å². The number of hydrogen-bond acceptors (Lipinski definition) is 4. The van der Waals surface area contributed by atoms with E-state index in [1.165, 1.54) is 12.1 Å². The van der Waals surface area contributed by atoms with Crippen LogP contribution in [0.15, 0.2) is 36.4 Å². The molecule has 0 saturated carbocycles. The van der Waals surface area contributed by atoms with Gasteiger partial charge in [0, 0.05) is 5.92 Å². The number of benzene rings is 2. The maximum atomic E-state index is 9.78. The Hall–Kier alpha value is -2.36. The molecule has 118 valence electrons. The molecule has 22 heavy (non-hydrogen) atoms. The summed E-state index contributed by atoms with van der Waals surface area (Å²) < 4.78 is 0. The number of aromatic hydroxyl groups is 4. The van der Waals surface area contributed by atoms with Crippen LogP contribution < -0.4 is 0 Å². The molecule has 4 heteroatoms. The van der Waals surface area contributed by atoms with Gasteiger partial charge >= 0.3 is 0 Å². The van der Waals surface area contributed by atoms with Gasteiger partial charge in [-0.25, -0.2) is 0 Å². The Morgan fingerprint density at radius 2 is 1.05 bits per heavy atom. The summed E-state index contributed by atoms with van der Waals surface area (Å²) in [5, 5.41) is 38.6. The molecular formula is C18H22O4. The second-order valence-electron chi connectivity index (χ2n) is 6.08. The van der Waals surface area contributed by atoms with Gasteiger partial charge in [-0.1, -0.05) is 32.9 Å². The molecule has 4 N–H and O–H groups in total. The molecule has 2 aromatic rings. The van der Waals surface area contributed by atoms with E-state index in [1.54, 1.807) is 24.3 Å². The Balaban J connectivity index is 2.55. The van der Waals surface area contributed by atoms with E-state index in [0.29, 0.717) is 5.92 Å². The van der Waals surface area contributed by atoms with Crippen LogP contribution in [-0.4, -0.2) is 20.4 Å². The van der Waals surface area contributed by atoms with Gasteiger partial charge in [-0.05, 0) is 47.2 Å². The van der Waals surface area contributed by atoms with Crippen molar-refractivity contribution < 1.29 is 20.4 Å². The number of phenolic OH excluding ortho intramolecular Hbond substituents is 4. The predicted molar refractivity (Wildman–Crippen MR) is 85.4 cm³/mol. The number of hydrogen-bond donors (Lipinski definition) is 4. The molecule has 0 saturated heterocycles. The lowest BCUT2D eigenvalue weighted by atomic mass is 9.76. The summed E-state index contributed by atoms with van der Waals surface area (Å²) in [4.78, 5) is 0. The van der Waals surface area contributed by atoms with E-state index < -0.39 is 0 Å². The van der Waals surface area contributed by atoms with Crippen molar-refractivity contribution in [2.75, 3.05) is 0 Å². The SMILES string of the molecule is CC(C)C(C)C(c1ccc(O)c(O)c1)c1ccc(O)c(O)c1. The summed E-state index contributed by atoms with van der Waals surface area (Å²) in [6.07, 6.45) is 0. The molecule has 1 atom stereocenters. The molecule has 0 bridgehead atoms. The molecule has 0 heterocycles. The normalized spacial score (nSPS) is 12.8. The Morgan fingerprint density at radius 1 is 0.636 bits per heavy atom. The van der Waals surface area contributed by atoms with Crippen LogP contribution in [0.2, 0.25) is 0 Å². The van der Waals surface area contributed by atoms with Gasteiger partial charge in [0.1, 0.15) is 0 Å². The highest BCUT2D eigenvalue weighted by Crippen LogP contribution is 2.41. The zero-order chi connectivity index (χ0) is 16.4. The van der Waals surface area contributed by atoms with Gasteiger partial charge in [0.05, 0.1) is 0 Å². The third-order valence-electron chi connectivity index (χ3n) is 4.29. The van der Waals surface area contributed by atoms with Gasteiger partial charge in [-0.15, -0.1) is 0 Å². The fourth-order valence-corrected chi connectivity index (χ4v) is 2.65. The van der Waals surface area contributed by atoms with Crippen molar-refractivity contribution in [2.24, 2.45) is 11.8 Å². The van der Waals surface area contributed by atoms with E-state index in [-0.39, 0.29) is 34.8 Å². The minimum Gasteiger partial charge on any atom is -0.504 e. The van der Waals surface area contributed by atoms with Crippen LogP contribution in [-0.2, 0) is 0 Å². The van der Waals surface area contributed by atoms with Crippen molar-refractivity contribution in [1.82, 2.24) is 0 Å². The molecule has 0 fully saturated rings. The first-order valence-corrected chi connectivity index (χ1v) is 7.35. The molecule has 0 amide bonds. The Bertz CT molecular complexity index is 613. The van der Waals surface area contributed by atoms with Crippen LogP contribution in [0.25, 0.3) is 0 Å². The summed E-state index contributed by atoms with van der Waals surface area (Å²) in [6, 6.07) is 9.55. The average molecular weight is 302 g/mol. The molecule has 2 aromatic carbocycles. The largest absolute Gasteiger partial charge is 0.504 e. The van der Waals surface area contributed by atoms with E-state index >= 15 is 0 Å². The fraction of sp³-hybridized carbons (Fsp3) is 0.333. The highest BCUT2D eigenvalue weighted by Gasteiger charge is 2.25. The Labute approximate surface area is 130 Å². The van der Waals surface area contributed by atoms with Gasteiger partial charge in [-0.2, -0.15) is 0 Å². The van der Waals surface area contributed by atoms with Crippen LogP contribution in [0, 0.1) is 11.8 Å². The molecule has 0 aliphatic rings. The molecule has 2 rings (SSSR count). The third-order valence-corrected chi connectivity index (χ3v) is 4.29. The van der Waals surface area contributed by atoms with Gasteiger partial charge in [0.2, 0.25) is 0 Å². The smallest absolute Gasteiger partial charge is 0.157 e. The van der Waals surface area contributed by atoms with Crippen molar-refractivity contribution in [3.05, 3.63) is 47.5 Å². The standard InChI is InChI=1S/C18H22O4/c1-10(2)11(3)18(12-4-6-14(19)16(21)8-12)13-5-7-15(20)17(22)9-13/h4-11,18-22H,1-3H3. The molecule has 0 aromatic heterocycles. The average Bonchev–Trinajstić information content (AvgIpc) is 2.46. The van der Waals surface area contributed by atoms with E-state index in [1.807, 2.05) is 0 Å². The minimum atomic E-state index is -0.165. The number of phenols is 4. The predicted octanol–water partition coefficient (Wildman–Crippen LogP) is 3.93. The minimum absolute atomic E-state index is 0.0713. The van der Waals surface area contributed by atoms with Gasteiger partial charge in [0.25, 0.3) is 0 Å². The van der Waals surface area contributed by atoms with Crippen molar-refractivity contribution in [2.45, 2.75) is 26.7 Å². The second kappa shape index (κ2) is 6.18. The monoisotopic (exact) mass is 302 g/mol. The maximum Gasteiger partial charge on any atom is 0.157 e. The topological polar surface area (TPSA) is 80.9 Å². The lowest BCUT2D eigenvalue weighted by Gasteiger charge is -2.28. The fourth-order valence-electron chi connectivity index (χ4n) is 2.65. The summed E-state index contributed by atoms with van der Waals surface area (Å²) in [5.41, 5.74) is 1.70. The van der Waals surface area contributed by atoms with Crippen LogP contribution in [0.1, 0.15) is 37.8 Å². The zero-order valence-electron chi connectivity index (χ0n) is 13.0. The maximum absolute atomic E-state index is 9.78. The van der Waals surface area contributed by atoms with Crippen LogP contribution in [0.4, 0.5) is 0 Å². The van der Waals surface area contributed by atoms with E-state index in [4.69, 9.17) is 0 Å². The van der Waals surface area contributed by atoms with E-state index in [0.717, 1.165) is 11.1 Å². The van der Waals surface area contributed by atoms with E-state index in [2.05, 4.69) is 20.8 Å². The molecule has 0 aliphatic heterocycles. The van der Waals surface area contributed by atoms with Crippen molar-refractivity contribution in [3.8, 4) is 23.0 Å². The summed E-state index contributed by atoms with van der Waals surface area (Å²) in [5.74, 6) is -0.118. The van der Waals surface area contributed by atoms with Crippen LogP contribution >= 0.6 is 0 Å². The van der Waals surface area contributed by atoms with Gasteiger partial charge in [-0.3, -0.25) is 0 Å². The van der Waals surface area contributed by atoms with Crippen molar-refractivity contribution in [1.29, 1.82) is 0 Å². The van der Waals surface area contributed by atoms with Crippen LogP contribution in [0.3, 0.4) is 0 Å². The molecule has 1 unspecified atom stereocenters. The van der Waals surface area contributed by atoms with Crippen molar-refractivity contribution in [3.63, 3.8) is 0 Å². The first-order valence-electron chi connectivity index (χ1n) is 7.35. The first-order chi connectivity index (χ1) is 10.3. The molecule has 0 radical (unpaired) electrons. The second-order valence-corrected chi connectivity index (χ2v) is 6.08. The Morgan fingerprint density at radius 3 is 1.36 bits per heavy atom. The summed E-state index contributed by atoms with van der Waals surface area (Å²) >= 11 is 0. The quantitative estimate of drug-likeness (QED) is 0.645. The summed E-state index contributed by atoms with van der Waals surface area (Å²) in [7, 11) is 0. The molecule has 0 spiro atoms. The highest BCUT2D eigenvalue weighted by molar-refractivity contribution is 5.48. The third kappa shape index (κ3) is 3.11. The Kier molecular flexibility index (Phi) is 4.50. The molecule has 4 nitrogen and oxygen atoms in total. The molecular weight excluding hydrogens is 280 g/mol. The zero-order valence-corrected chi connectivity index (χ0v) is 13.0. The lowest BCUT2D eigenvalue weighted by Crippen LogP contribution is -2.16. The van der Waals surface area contributed by atoms with E-state index in [9.17, 15) is 20.4 Å². The lowest BCUT2D eigenvalue weighted by molar-refractivity contribution is 0.370. The van der Waals surface area contributed by atoms with Gasteiger partial charge in [0.15, 0.2) is 23.0 Å². The highest BCUT2D eigenvalue weighted by atomic mass is 16.3. The van der Waals surface area contributed by atoms with Crippen LogP contribution in [0.5, 0.6) is 23.0 Å². The first kappa shape index (κ1) is 16.0. The van der Waals surface area contributed by atoms with Crippen molar-refractivity contribution >= 4 is 0 Å². The summed E-state index contributed by atoms with van der Waals surface area (Å²) in [6.45, 7) is 6.32.